The first kappa shape index (κ1) is 19.3. The number of methoxy groups -OCH3 is 1. The summed E-state index contributed by atoms with van der Waals surface area (Å²) >= 11 is 0. The first-order chi connectivity index (χ1) is 14.6. The fraction of sp³-hybridized carbons (Fsp3) is 0.136. The summed E-state index contributed by atoms with van der Waals surface area (Å²) in [6.07, 6.45) is 4.45. The van der Waals surface area contributed by atoms with Gasteiger partial charge in [-0.25, -0.2) is 9.48 Å². The smallest absolute Gasteiger partial charge is 0.343 e. The molecule has 0 aliphatic carbocycles. The fourth-order valence-corrected chi connectivity index (χ4v) is 2.93. The van der Waals surface area contributed by atoms with Gasteiger partial charge in [0.1, 0.15) is 17.6 Å². The SMILES string of the molecule is COC(=O)COc1ccc2c(=O)c(Oc3cnn(-c4ccccc4)c3)coc2c1C. The molecule has 152 valence electrons. The van der Waals surface area contributed by atoms with Gasteiger partial charge < -0.3 is 18.6 Å². The second-order valence-corrected chi connectivity index (χ2v) is 6.42. The maximum absolute atomic E-state index is 12.9. The average molecular weight is 406 g/mol. The van der Waals surface area contributed by atoms with E-state index in [1.165, 1.54) is 19.6 Å². The van der Waals surface area contributed by atoms with Crippen molar-refractivity contribution in [2.75, 3.05) is 13.7 Å². The Morgan fingerprint density at radius 3 is 2.70 bits per heavy atom. The number of esters is 1. The van der Waals surface area contributed by atoms with E-state index in [1.54, 1.807) is 29.9 Å². The lowest BCUT2D eigenvalue weighted by Gasteiger charge is -2.10. The van der Waals surface area contributed by atoms with E-state index in [0.29, 0.717) is 28.0 Å². The molecule has 2 aromatic heterocycles. The van der Waals surface area contributed by atoms with Crippen molar-refractivity contribution in [3.63, 3.8) is 0 Å². The van der Waals surface area contributed by atoms with E-state index in [2.05, 4.69) is 9.84 Å². The van der Waals surface area contributed by atoms with E-state index >= 15 is 0 Å². The third kappa shape index (κ3) is 3.75. The Hall–Kier alpha value is -4.07. The van der Waals surface area contributed by atoms with Gasteiger partial charge in [0.25, 0.3) is 0 Å². The van der Waals surface area contributed by atoms with Crippen molar-refractivity contribution in [2.24, 2.45) is 0 Å². The van der Waals surface area contributed by atoms with Crippen LogP contribution in [0.3, 0.4) is 0 Å². The quantitative estimate of drug-likeness (QED) is 0.452. The lowest BCUT2D eigenvalue weighted by Crippen LogP contribution is -2.13. The normalized spacial score (nSPS) is 10.7. The van der Waals surface area contributed by atoms with Gasteiger partial charge in [0.05, 0.1) is 30.6 Å². The summed E-state index contributed by atoms with van der Waals surface area (Å²) < 4.78 is 23.0. The Bertz CT molecular complexity index is 1260. The minimum absolute atomic E-state index is 0.0396. The second-order valence-electron chi connectivity index (χ2n) is 6.42. The van der Waals surface area contributed by atoms with Gasteiger partial charge in [-0.3, -0.25) is 4.79 Å². The van der Waals surface area contributed by atoms with Gasteiger partial charge in [-0.05, 0) is 31.2 Å². The number of hydrogen-bond acceptors (Lipinski definition) is 7. The highest BCUT2D eigenvalue weighted by atomic mass is 16.6. The number of aryl methyl sites for hydroxylation is 1. The highest BCUT2D eigenvalue weighted by Gasteiger charge is 2.15. The molecule has 8 nitrogen and oxygen atoms in total. The van der Waals surface area contributed by atoms with E-state index < -0.39 is 5.97 Å². The number of carbonyl (C=O) groups is 1. The van der Waals surface area contributed by atoms with Crippen molar-refractivity contribution in [3.8, 4) is 22.9 Å². The van der Waals surface area contributed by atoms with Crippen LogP contribution in [0.2, 0.25) is 0 Å². The van der Waals surface area contributed by atoms with Crippen LogP contribution in [0.1, 0.15) is 5.56 Å². The van der Waals surface area contributed by atoms with E-state index in [1.807, 2.05) is 30.3 Å². The number of hydrogen-bond donors (Lipinski definition) is 0. The third-order valence-corrected chi connectivity index (χ3v) is 4.49. The minimum Gasteiger partial charge on any atom is -0.481 e. The highest BCUT2D eigenvalue weighted by molar-refractivity contribution is 5.83. The predicted octanol–water partition coefficient (Wildman–Crippen LogP) is 3.63. The maximum atomic E-state index is 12.9. The fourth-order valence-electron chi connectivity index (χ4n) is 2.93. The topological polar surface area (TPSA) is 92.8 Å². The van der Waals surface area contributed by atoms with Crippen LogP contribution < -0.4 is 14.9 Å². The molecule has 0 fully saturated rings. The molecule has 4 aromatic rings. The van der Waals surface area contributed by atoms with Crippen molar-refractivity contribution >= 4 is 16.9 Å². The van der Waals surface area contributed by atoms with E-state index in [0.717, 1.165) is 5.69 Å². The molecule has 30 heavy (non-hydrogen) atoms. The zero-order valence-electron chi connectivity index (χ0n) is 16.3. The lowest BCUT2D eigenvalue weighted by molar-refractivity contribution is -0.142. The van der Waals surface area contributed by atoms with Gasteiger partial charge in [-0.15, -0.1) is 0 Å². The number of para-hydroxylation sites is 1. The summed E-state index contributed by atoms with van der Waals surface area (Å²) in [4.78, 5) is 24.1. The van der Waals surface area contributed by atoms with Gasteiger partial charge in [-0.1, -0.05) is 18.2 Å². The van der Waals surface area contributed by atoms with Gasteiger partial charge in [0.2, 0.25) is 11.2 Å². The third-order valence-electron chi connectivity index (χ3n) is 4.49. The molecule has 0 aliphatic rings. The molecule has 0 atom stereocenters. The van der Waals surface area contributed by atoms with Crippen molar-refractivity contribution in [2.45, 2.75) is 6.92 Å². The molecule has 0 unspecified atom stereocenters. The van der Waals surface area contributed by atoms with Crippen molar-refractivity contribution in [1.29, 1.82) is 0 Å². The molecule has 2 heterocycles. The van der Waals surface area contributed by atoms with Crippen LogP contribution in [-0.4, -0.2) is 29.5 Å². The molecule has 0 N–H and O–H groups in total. The number of ether oxygens (including phenoxy) is 3. The van der Waals surface area contributed by atoms with Crippen LogP contribution in [-0.2, 0) is 9.53 Å². The Labute approximate surface area is 171 Å². The Morgan fingerprint density at radius 1 is 1.13 bits per heavy atom. The molecule has 0 bridgehead atoms. The summed E-state index contributed by atoms with van der Waals surface area (Å²) in [7, 11) is 1.28. The monoisotopic (exact) mass is 406 g/mol. The summed E-state index contributed by atoms with van der Waals surface area (Å²) in [6.45, 7) is 1.50. The van der Waals surface area contributed by atoms with Crippen LogP contribution in [0.5, 0.6) is 17.2 Å². The Kier molecular flexibility index (Phi) is 5.21. The van der Waals surface area contributed by atoms with Crippen molar-refractivity contribution in [3.05, 3.63) is 76.9 Å². The van der Waals surface area contributed by atoms with E-state index in [9.17, 15) is 9.59 Å². The standard InChI is InChI=1S/C22H18N2O6/c1-14-18(28-13-20(25)27-2)9-8-17-21(26)19(12-29-22(14)17)30-16-10-23-24(11-16)15-6-4-3-5-7-15/h3-12H,13H2,1-2H3. The van der Waals surface area contributed by atoms with Gasteiger partial charge in [0, 0.05) is 5.56 Å². The van der Waals surface area contributed by atoms with Crippen LogP contribution in [0, 0.1) is 6.92 Å². The largest absolute Gasteiger partial charge is 0.481 e. The zero-order valence-corrected chi connectivity index (χ0v) is 16.3. The summed E-state index contributed by atoms with van der Waals surface area (Å²) in [6, 6.07) is 12.7. The van der Waals surface area contributed by atoms with Crippen LogP contribution in [0.15, 0.2) is 70.3 Å². The molecule has 8 heteroatoms. The zero-order chi connectivity index (χ0) is 21.1. The Balaban J connectivity index is 1.60. The van der Waals surface area contributed by atoms with Crippen LogP contribution in [0.25, 0.3) is 16.7 Å². The number of fused-ring (bicyclic) bond motifs is 1. The molecular formula is C22H18N2O6. The molecule has 4 rings (SSSR count). The predicted molar refractivity (Wildman–Crippen MR) is 108 cm³/mol. The molecule has 0 saturated carbocycles. The summed E-state index contributed by atoms with van der Waals surface area (Å²) in [5.41, 5.74) is 1.49. The van der Waals surface area contributed by atoms with Gasteiger partial charge in [0.15, 0.2) is 12.4 Å². The number of nitrogens with zero attached hydrogens (tertiary/aromatic N) is 2. The summed E-state index contributed by atoms with van der Waals surface area (Å²) in [5, 5.41) is 4.59. The first-order valence-electron chi connectivity index (χ1n) is 9.09. The molecule has 2 aromatic carbocycles. The molecule has 0 spiro atoms. The van der Waals surface area contributed by atoms with Crippen molar-refractivity contribution in [1.82, 2.24) is 9.78 Å². The van der Waals surface area contributed by atoms with Crippen LogP contribution >= 0.6 is 0 Å². The van der Waals surface area contributed by atoms with Crippen molar-refractivity contribution < 1.29 is 23.4 Å². The molecule has 0 saturated heterocycles. The number of rotatable bonds is 6. The maximum Gasteiger partial charge on any atom is 0.343 e. The minimum atomic E-state index is -0.504. The average Bonchev–Trinajstić information content (AvgIpc) is 3.24. The number of benzene rings is 2. The molecular weight excluding hydrogens is 388 g/mol. The van der Waals surface area contributed by atoms with Gasteiger partial charge >= 0.3 is 5.97 Å². The lowest BCUT2D eigenvalue weighted by atomic mass is 10.1. The first-order valence-corrected chi connectivity index (χ1v) is 9.09. The Morgan fingerprint density at radius 2 is 1.93 bits per heavy atom. The number of carbonyl (C=O) groups excluding carboxylic acids is 1. The number of aromatic nitrogens is 2. The molecule has 0 aliphatic heterocycles. The second kappa shape index (κ2) is 8.12. The molecule has 0 radical (unpaired) electrons. The van der Waals surface area contributed by atoms with E-state index in [4.69, 9.17) is 13.9 Å². The van der Waals surface area contributed by atoms with Gasteiger partial charge in [-0.2, -0.15) is 5.10 Å². The van der Waals surface area contributed by atoms with Crippen LogP contribution in [0.4, 0.5) is 0 Å². The highest BCUT2D eigenvalue weighted by Crippen LogP contribution is 2.28. The summed E-state index contributed by atoms with van der Waals surface area (Å²) in [5.74, 6) is 0.364. The molecule has 0 amide bonds. The van der Waals surface area contributed by atoms with E-state index in [-0.39, 0.29) is 17.8 Å².